The van der Waals surface area contributed by atoms with Crippen LogP contribution in [0.5, 0.6) is 0 Å². The van der Waals surface area contributed by atoms with Gasteiger partial charge in [-0.15, -0.1) is 0 Å². The van der Waals surface area contributed by atoms with Gasteiger partial charge >= 0.3 is 12.0 Å². The van der Waals surface area contributed by atoms with Crippen LogP contribution in [0.4, 0.5) is 4.79 Å². The molecule has 2 unspecified atom stereocenters. The first kappa shape index (κ1) is 16.2. The quantitative estimate of drug-likeness (QED) is 0.609. The molecule has 0 aromatic heterocycles. The van der Waals surface area contributed by atoms with Gasteiger partial charge < -0.3 is 25.8 Å². The Hall–Kier alpha value is -1.83. The average molecular weight is 287 g/mol. The lowest BCUT2D eigenvalue weighted by atomic mass is 10.1. The lowest BCUT2D eigenvalue weighted by Crippen LogP contribution is -2.59. The van der Waals surface area contributed by atoms with Gasteiger partial charge in [0, 0.05) is 6.54 Å². The van der Waals surface area contributed by atoms with E-state index in [2.05, 4.69) is 5.32 Å². The SMILES string of the molecule is CCCCC(NC(=O)N1CCOCC1C(N)=O)C(=O)O. The molecule has 20 heavy (non-hydrogen) atoms. The summed E-state index contributed by atoms with van der Waals surface area (Å²) in [5.41, 5.74) is 5.21. The molecule has 0 aliphatic carbocycles. The first-order chi connectivity index (χ1) is 9.47. The van der Waals surface area contributed by atoms with E-state index < -0.39 is 30.0 Å². The molecule has 1 rings (SSSR count). The van der Waals surface area contributed by atoms with E-state index in [0.29, 0.717) is 19.4 Å². The maximum absolute atomic E-state index is 12.1. The number of hydrogen-bond donors (Lipinski definition) is 3. The van der Waals surface area contributed by atoms with Crippen molar-refractivity contribution >= 4 is 17.9 Å². The number of nitrogens with two attached hydrogens (primary N) is 1. The number of morpholine rings is 1. The zero-order chi connectivity index (χ0) is 15.1. The number of nitrogens with zero attached hydrogens (tertiary/aromatic N) is 1. The summed E-state index contributed by atoms with van der Waals surface area (Å²) in [7, 11) is 0. The Labute approximate surface area is 117 Å². The Morgan fingerprint density at radius 3 is 2.75 bits per heavy atom. The smallest absolute Gasteiger partial charge is 0.326 e. The molecule has 1 heterocycles. The standard InChI is InChI=1S/C12H21N3O5/c1-2-3-4-8(11(17)18)14-12(19)15-5-6-20-7-9(15)10(13)16/h8-9H,2-7H2,1H3,(H2,13,16)(H,14,19)(H,17,18). The summed E-state index contributed by atoms with van der Waals surface area (Å²) in [6, 6.07) is -2.41. The van der Waals surface area contributed by atoms with Crippen molar-refractivity contribution in [3.63, 3.8) is 0 Å². The van der Waals surface area contributed by atoms with E-state index >= 15 is 0 Å². The van der Waals surface area contributed by atoms with E-state index in [4.69, 9.17) is 15.6 Å². The molecule has 0 spiro atoms. The monoisotopic (exact) mass is 287 g/mol. The molecule has 0 saturated carbocycles. The predicted molar refractivity (Wildman–Crippen MR) is 70.0 cm³/mol. The number of primary amides is 1. The minimum Gasteiger partial charge on any atom is -0.480 e. The number of carboxylic acid groups (broad SMARTS) is 1. The maximum atomic E-state index is 12.1. The summed E-state index contributed by atoms with van der Waals surface area (Å²) in [4.78, 5) is 35.7. The Balaban J connectivity index is 2.66. The van der Waals surface area contributed by atoms with Crippen LogP contribution in [0.15, 0.2) is 0 Å². The number of unbranched alkanes of at least 4 members (excludes halogenated alkanes) is 1. The van der Waals surface area contributed by atoms with E-state index in [0.717, 1.165) is 6.42 Å². The average Bonchev–Trinajstić information content (AvgIpc) is 2.42. The third-order valence-corrected chi connectivity index (χ3v) is 3.16. The van der Waals surface area contributed by atoms with E-state index in [1.807, 2.05) is 6.92 Å². The molecular weight excluding hydrogens is 266 g/mol. The zero-order valence-corrected chi connectivity index (χ0v) is 11.5. The molecule has 114 valence electrons. The summed E-state index contributed by atoms with van der Waals surface area (Å²) in [6.45, 7) is 2.48. The Morgan fingerprint density at radius 2 is 2.20 bits per heavy atom. The molecule has 4 N–H and O–H groups in total. The highest BCUT2D eigenvalue weighted by molar-refractivity contribution is 5.88. The normalized spacial score (nSPS) is 20.2. The molecule has 3 amide bonds. The van der Waals surface area contributed by atoms with Crippen molar-refractivity contribution < 1.29 is 24.2 Å². The van der Waals surface area contributed by atoms with Gasteiger partial charge in [0.25, 0.3) is 0 Å². The second-order valence-electron chi connectivity index (χ2n) is 4.67. The van der Waals surface area contributed by atoms with Crippen molar-refractivity contribution in [3.05, 3.63) is 0 Å². The van der Waals surface area contributed by atoms with Gasteiger partial charge in [0.05, 0.1) is 13.2 Å². The van der Waals surface area contributed by atoms with Gasteiger partial charge in [-0.1, -0.05) is 19.8 Å². The van der Waals surface area contributed by atoms with Crippen molar-refractivity contribution in [1.82, 2.24) is 10.2 Å². The Morgan fingerprint density at radius 1 is 1.50 bits per heavy atom. The van der Waals surface area contributed by atoms with E-state index in [1.165, 1.54) is 4.90 Å². The molecule has 8 nitrogen and oxygen atoms in total. The fourth-order valence-electron chi connectivity index (χ4n) is 1.98. The third kappa shape index (κ3) is 4.37. The Bertz CT molecular complexity index is 374. The lowest BCUT2D eigenvalue weighted by molar-refractivity contribution is -0.139. The van der Waals surface area contributed by atoms with Crippen molar-refractivity contribution in [1.29, 1.82) is 0 Å². The molecular formula is C12H21N3O5. The summed E-state index contributed by atoms with van der Waals surface area (Å²) in [6.07, 6.45) is 1.88. The molecule has 1 aliphatic heterocycles. The van der Waals surface area contributed by atoms with Gasteiger partial charge in [-0.3, -0.25) is 4.79 Å². The number of ether oxygens (including phenoxy) is 1. The lowest BCUT2D eigenvalue weighted by Gasteiger charge is -2.34. The highest BCUT2D eigenvalue weighted by atomic mass is 16.5. The largest absolute Gasteiger partial charge is 0.480 e. The molecule has 1 fully saturated rings. The molecule has 0 aromatic carbocycles. The van der Waals surface area contributed by atoms with Crippen LogP contribution in [0.1, 0.15) is 26.2 Å². The molecule has 1 saturated heterocycles. The topological polar surface area (TPSA) is 122 Å². The second-order valence-corrected chi connectivity index (χ2v) is 4.67. The van der Waals surface area contributed by atoms with E-state index in [-0.39, 0.29) is 13.2 Å². The van der Waals surface area contributed by atoms with Gasteiger partial charge in [0.15, 0.2) is 0 Å². The number of urea groups is 1. The molecule has 8 heteroatoms. The first-order valence-electron chi connectivity index (χ1n) is 6.64. The van der Waals surface area contributed by atoms with Crippen LogP contribution < -0.4 is 11.1 Å². The number of carbonyl (C=O) groups is 3. The minimum atomic E-state index is -1.09. The van der Waals surface area contributed by atoms with E-state index in [1.54, 1.807) is 0 Å². The zero-order valence-electron chi connectivity index (χ0n) is 11.5. The van der Waals surface area contributed by atoms with Crippen LogP contribution in [0.25, 0.3) is 0 Å². The summed E-state index contributed by atoms with van der Waals surface area (Å²) in [5.74, 6) is -1.75. The van der Waals surface area contributed by atoms with Crippen LogP contribution in [-0.2, 0) is 14.3 Å². The number of nitrogens with one attached hydrogen (secondary N) is 1. The molecule has 1 aliphatic rings. The second kappa shape index (κ2) is 7.68. The van der Waals surface area contributed by atoms with Crippen LogP contribution >= 0.6 is 0 Å². The molecule has 2 atom stereocenters. The first-order valence-corrected chi connectivity index (χ1v) is 6.64. The van der Waals surface area contributed by atoms with Crippen LogP contribution in [0, 0.1) is 0 Å². The van der Waals surface area contributed by atoms with Gasteiger partial charge in [-0.2, -0.15) is 0 Å². The summed E-state index contributed by atoms with van der Waals surface area (Å²) < 4.78 is 5.10. The molecule has 0 radical (unpaired) electrons. The molecule has 0 bridgehead atoms. The fraction of sp³-hybridized carbons (Fsp3) is 0.750. The fourth-order valence-corrected chi connectivity index (χ4v) is 1.98. The highest BCUT2D eigenvalue weighted by Gasteiger charge is 2.33. The minimum absolute atomic E-state index is 0.0372. The number of hydrogen-bond acceptors (Lipinski definition) is 4. The number of amides is 3. The third-order valence-electron chi connectivity index (χ3n) is 3.16. The van der Waals surface area contributed by atoms with Crippen molar-refractivity contribution in [3.8, 4) is 0 Å². The van der Waals surface area contributed by atoms with Crippen LogP contribution in [-0.4, -0.2) is 59.8 Å². The number of carboxylic acids is 1. The predicted octanol–water partition coefficient (Wildman–Crippen LogP) is -0.474. The van der Waals surface area contributed by atoms with Crippen LogP contribution in [0.2, 0.25) is 0 Å². The van der Waals surface area contributed by atoms with Crippen molar-refractivity contribution in [2.24, 2.45) is 5.73 Å². The number of carbonyl (C=O) groups excluding carboxylic acids is 2. The van der Waals surface area contributed by atoms with E-state index in [9.17, 15) is 14.4 Å². The summed E-state index contributed by atoms with van der Waals surface area (Å²) in [5, 5.41) is 11.5. The maximum Gasteiger partial charge on any atom is 0.326 e. The van der Waals surface area contributed by atoms with Gasteiger partial charge in [0.1, 0.15) is 12.1 Å². The number of aliphatic carboxylic acids is 1. The Kier molecular flexibility index (Phi) is 6.23. The van der Waals surface area contributed by atoms with Gasteiger partial charge in [-0.25, -0.2) is 9.59 Å². The van der Waals surface area contributed by atoms with Crippen molar-refractivity contribution in [2.75, 3.05) is 19.8 Å². The van der Waals surface area contributed by atoms with Crippen LogP contribution in [0.3, 0.4) is 0 Å². The summed E-state index contributed by atoms with van der Waals surface area (Å²) >= 11 is 0. The van der Waals surface area contributed by atoms with Gasteiger partial charge in [0.2, 0.25) is 5.91 Å². The highest BCUT2D eigenvalue weighted by Crippen LogP contribution is 2.08. The number of rotatable bonds is 6. The van der Waals surface area contributed by atoms with Gasteiger partial charge in [-0.05, 0) is 6.42 Å². The molecule has 0 aromatic rings. The van der Waals surface area contributed by atoms with Crippen molar-refractivity contribution in [2.45, 2.75) is 38.3 Å².